The Bertz CT molecular complexity index is 434. The van der Waals surface area contributed by atoms with Gasteiger partial charge in [0.1, 0.15) is 12.4 Å². The lowest BCUT2D eigenvalue weighted by Gasteiger charge is -2.35. The molecule has 1 aliphatic heterocycles. The van der Waals surface area contributed by atoms with Crippen LogP contribution in [0.4, 0.5) is 5.69 Å². The van der Waals surface area contributed by atoms with Crippen LogP contribution in [0, 0.1) is 0 Å². The molecule has 2 rings (SSSR count). The molecule has 2 N–H and O–H groups in total. The molecule has 17 heavy (non-hydrogen) atoms. The lowest BCUT2D eigenvalue weighted by Crippen LogP contribution is -2.45. The monoisotopic (exact) mass is 236 g/mol. The number of hydrogen-bond donors (Lipinski definition) is 1. The van der Waals surface area contributed by atoms with Gasteiger partial charge in [0.15, 0.2) is 0 Å². The fourth-order valence-corrected chi connectivity index (χ4v) is 1.89. The van der Waals surface area contributed by atoms with E-state index in [4.69, 9.17) is 10.5 Å². The molecule has 1 aromatic carbocycles. The van der Waals surface area contributed by atoms with Crippen LogP contribution in [0.1, 0.15) is 10.4 Å². The van der Waals surface area contributed by atoms with Gasteiger partial charge in [-0.25, -0.2) is 4.79 Å². The largest absolute Gasteiger partial charge is 0.489 e. The van der Waals surface area contributed by atoms with Gasteiger partial charge >= 0.3 is 5.97 Å². The van der Waals surface area contributed by atoms with Crippen LogP contribution < -0.4 is 15.4 Å². The number of nitrogens with zero attached hydrogens (tertiary/aromatic N) is 1. The first-order chi connectivity index (χ1) is 8.17. The summed E-state index contributed by atoms with van der Waals surface area (Å²) in [6, 6.07) is 5.45. The van der Waals surface area contributed by atoms with E-state index < -0.39 is 0 Å². The van der Waals surface area contributed by atoms with Crippen molar-refractivity contribution in [2.45, 2.75) is 6.04 Å². The summed E-state index contributed by atoms with van der Waals surface area (Å²) in [4.78, 5) is 13.5. The van der Waals surface area contributed by atoms with Crippen LogP contribution >= 0.6 is 0 Å². The molecule has 0 aliphatic carbocycles. The van der Waals surface area contributed by atoms with Crippen molar-refractivity contribution in [1.29, 1.82) is 0 Å². The van der Waals surface area contributed by atoms with Crippen LogP contribution in [0.15, 0.2) is 18.2 Å². The zero-order chi connectivity index (χ0) is 12.4. The Morgan fingerprint density at radius 3 is 3.06 bits per heavy atom. The molecule has 1 unspecified atom stereocenters. The number of rotatable bonds is 2. The highest BCUT2D eigenvalue weighted by Gasteiger charge is 2.24. The zero-order valence-corrected chi connectivity index (χ0v) is 9.97. The number of esters is 1. The van der Waals surface area contributed by atoms with Crippen molar-refractivity contribution in [2.75, 3.05) is 32.2 Å². The fraction of sp³-hybridized carbons (Fsp3) is 0.417. The van der Waals surface area contributed by atoms with Gasteiger partial charge in [0.2, 0.25) is 0 Å². The Kier molecular flexibility index (Phi) is 3.19. The number of carbonyl (C=O) groups is 1. The lowest BCUT2D eigenvalue weighted by atomic mass is 10.1. The number of hydrogen-bond acceptors (Lipinski definition) is 5. The Hall–Kier alpha value is -1.75. The SMILES string of the molecule is COC(=O)c1ccc2c(c1)OCC(CN)N2C. The molecule has 0 aromatic heterocycles. The van der Waals surface area contributed by atoms with Gasteiger partial charge in [0.25, 0.3) is 0 Å². The molecule has 1 aliphatic rings. The van der Waals surface area contributed by atoms with Crippen LogP contribution in [0.3, 0.4) is 0 Å². The zero-order valence-electron chi connectivity index (χ0n) is 9.97. The van der Waals surface area contributed by atoms with Crippen molar-refractivity contribution in [3.05, 3.63) is 23.8 Å². The molecule has 0 bridgehead atoms. The summed E-state index contributed by atoms with van der Waals surface area (Å²) in [5.41, 5.74) is 7.09. The molecule has 1 atom stereocenters. The average Bonchev–Trinajstić information content (AvgIpc) is 2.38. The number of likely N-dealkylation sites (N-methyl/N-ethyl adjacent to an activating group) is 1. The normalized spacial score (nSPS) is 18.3. The summed E-state index contributed by atoms with van der Waals surface area (Å²) in [6.45, 7) is 1.07. The summed E-state index contributed by atoms with van der Waals surface area (Å²) in [6.07, 6.45) is 0. The van der Waals surface area contributed by atoms with Gasteiger partial charge in [-0.3, -0.25) is 0 Å². The average molecular weight is 236 g/mol. The van der Waals surface area contributed by atoms with Gasteiger partial charge in [0.05, 0.1) is 24.4 Å². The number of methoxy groups -OCH3 is 1. The van der Waals surface area contributed by atoms with Gasteiger partial charge in [-0.2, -0.15) is 0 Å². The van der Waals surface area contributed by atoms with E-state index in [1.54, 1.807) is 12.1 Å². The fourth-order valence-electron chi connectivity index (χ4n) is 1.89. The van der Waals surface area contributed by atoms with Crippen molar-refractivity contribution >= 4 is 11.7 Å². The van der Waals surface area contributed by atoms with E-state index in [0.717, 1.165) is 5.69 Å². The third-order valence-corrected chi connectivity index (χ3v) is 3.01. The standard InChI is InChI=1S/C12H16N2O3/c1-14-9(6-13)7-17-11-5-8(12(15)16-2)3-4-10(11)14/h3-5,9H,6-7,13H2,1-2H3. The summed E-state index contributed by atoms with van der Waals surface area (Å²) < 4.78 is 10.3. The molecule has 0 saturated heterocycles. The van der Waals surface area contributed by atoms with E-state index in [1.165, 1.54) is 7.11 Å². The summed E-state index contributed by atoms with van der Waals surface area (Å²) in [5, 5.41) is 0. The minimum absolute atomic E-state index is 0.173. The Morgan fingerprint density at radius 1 is 1.65 bits per heavy atom. The summed E-state index contributed by atoms with van der Waals surface area (Å²) in [7, 11) is 3.33. The molecule has 0 amide bonds. The lowest BCUT2D eigenvalue weighted by molar-refractivity contribution is 0.0600. The Morgan fingerprint density at radius 2 is 2.41 bits per heavy atom. The van der Waals surface area contributed by atoms with Gasteiger partial charge in [-0.05, 0) is 18.2 Å². The van der Waals surface area contributed by atoms with Crippen LogP contribution in [-0.2, 0) is 4.74 Å². The number of ether oxygens (including phenoxy) is 2. The first kappa shape index (κ1) is 11.7. The highest BCUT2D eigenvalue weighted by molar-refractivity contribution is 5.90. The molecule has 92 valence electrons. The molecular weight excluding hydrogens is 220 g/mol. The van der Waals surface area contributed by atoms with Crippen molar-refractivity contribution < 1.29 is 14.3 Å². The minimum atomic E-state index is -0.361. The Labute approximate surface area is 100 Å². The second kappa shape index (κ2) is 4.63. The van der Waals surface area contributed by atoms with E-state index in [2.05, 4.69) is 9.64 Å². The molecule has 5 nitrogen and oxygen atoms in total. The van der Waals surface area contributed by atoms with E-state index in [1.807, 2.05) is 13.1 Å². The van der Waals surface area contributed by atoms with E-state index >= 15 is 0 Å². The maximum atomic E-state index is 11.4. The van der Waals surface area contributed by atoms with E-state index in [9.17, 15) is 4.79 Å². The van der Waals surface area contributed by atoms with Crippen LogP contribution in [-0.4, -0.2) is 39.3 Å². The number of benzene rings is 1. The highest BCUT2D eigenvalue weighted by Crippen LogP contribution is 2.33. The minimum Gasteiger partial charge on any atom is -0.489 e. The molecule has 1 heterocycles. The first-order valence-corrected chi connectivity index (χ1v) is 5.45. The third-order valence-electron chi connectivity index (χ3n) is 3.01. The van der Waals surface area contributed by atoms with Gasteiger partial charge in [-0.15, -0.1) is 0 Å². The highest BCUT2D eigenvalue weighted by atomic mass is 16.5. The van der Waals surface area contributed by atoms with E-state index in [0.29, 0.717) is 24.5 Å². The molecule has 1 aromatic rings. The van der Waals surface area contributed by atoms with Crippen molar-refractivity contribution in [2.24, 2.45) is 5.73 Å². The molecule has 0 fully saturated rings. The predicted octanol–water partition coefficient (Wildman–Crippen LogP) is 0.629. The van der Waals surface area contributed by atoms with Crippen LogP contribution in [0.5, 0.6) is 5.75 Å². The summed E-state index contributed by atoms with van der Waals surface area (Å²) in [5.74, 6) is 0.333. The molecule has 5 heteroatoms. The number of nitrogens with two attached hydrogens (primary N) is 1. The maximum Gasteiger partial charge on any atom is 0.337 e. The van der Waals surface area contributed by atoms with Crippen molar-refractivity contribution in [3.8, 4) is 5.75 Å². The maximum absolute atomic E-state index is 11.4. The second-order valence-corrected chi connectivity index (χ2v) is 3.99. The summed E-state index contributed by atoms with van der Waals surface area (Å²) >= 11 is 0. The number of carbonyl (C=O) groups excluding carboxylic acids is 1. The van der Waals surface area contributed by atoms with Crippen molar-refractivity contribution in [3.63, 3.8) is 0 Å². The number of anilines is 1. The van der Waals surface area contributed by atoms with Gasteiger partial charge in [0, 0.05) is 13.6 Å². The van der Waals surface area contributed by atoms with Gasteiger partial charge in [-0.1, -0.05) is 0 Å². The predicted molar refractivity (Wildman–Crippen MR) is 64.5 cm³/mol. The van der Waals surface area contributed by atoms with Crippen molar-refractivity contribution in [1.82, 2.24) is 0 Å². The van der Waals surface area contributed by atoms with Crippen LogP contribution in [0.25, 0.3) is 0 Å². The first-order valence-electron chi connectivity index (χ1n) is 5.45. The molecule has 0 spiro atoms. The number of fused-ring (bicyclic) bond motifs is 1. The van der Waals surface area contributed by atoms with Gasteiger partial charge < -0.3 is 20.1 Å². The smallest absolute Gasteiger partial charge is 0.337 e. The van der Waals surface area contributed by atoms with E-state index in [-0.39, 0.29) is 12.0 Å². The molecule has 0 saturated carbocycles. The quantitative estimate of drug-likeness (QED) is 0.763. The van der Waals surface area contributed by atoms with Crippen LogP contribution in [0.2, 0.25) is 0 Å². The topological polar surface area (TPSA) is 64.8 Å². The second-order valence-electron chi connectivity index (χ2n) is 3.99. The Balaban J connectivity index is 2.33. The third kappa shape index (κ3) is 2.06. The molecule has 0 radical (unpaired) electrons. The molecular formula is C12H16N2O3.